The lowest BCUT2D eigenvalue weighted by Gasteiger charge is -2.17. The van der Waals surface area contributed by atoms with Gasteiger partial charge in [-0.1, -0.05) is 34.5 Å². The van der Waals surface area contributed by atoms with Crippen molar-refractivity contribution in [2.75, 3.05) is 18.5 Å². The molecule has 0 aromatic heterocycles. The number of nitrogens with zero attached hydrogens (tertiary/aromatic N) is 1. The van der Waals surface area contributed by atoms with Gasteiger partial charge in [-0.05, 0) is 54.4 Å². The number of nitrogens with one attached hydrogen (secondary N) is 2. The van der Waals surface area contributed by atoms with Gasteiger partial charge in [0.15, 0.2) is 6.61 Å². The Hall–Kier alpha value is -2.91. The van der Waals surface area contributed by atoms with Crippen LogP contribution in [0.1, 0.15) is 29.3 Å². The average molecular weight is 523 g/mol. The van der Waals surface area contributed by atoms with E-state index in [0.29, 0.717) is 16.3 Å². The zero-order chi connectivity index (χ0) is 23.3. The minimum absolute atomic E-state index is 0.0364. The summed E-state index contributed by atoms with van der Waals surface area (Å²) in [6.07, 6.45) is 0.602. The molecule has 2 aromatic carbocycles. The Kier molecular flexibility index (Phi) is 7.87. The maximum absolute atomic E-state index is 12.3. The Morgan fingerprint density at radius 2 is 1.91 bits per heavy atom. The number of hydrogen-bond acceptors (Lipinski definition) is 5. The third-order valence-electron chi connectivity index (χ3n) is 4.87. The third kappa shape index (κ3) is 6.08. The number of hydrazine groups is 1. The molecule has 1 fully saturated rings. The molecule has 3 rings (SSSR count). The number of ether oxygens (including phenoxy) is 1. The molecule has 1 saturated heterocycles. The van der Waals surface area contributed by atoms with Gasteiger partial charge in [0.05, 0.1) is 12.5 Å². The van der Waals surface area contributed by atoms with E-state index < -0.39 is 36.2 Å². The minimum Gasteiger partial charge on any atom is -0.455 e. The van der Waals surface area contributed by atoms with Crippen LogP contribution in [-0.2, 0) is 25.5 Å². The Morgan fingerprint density at radius 3 is 2.59 bits per heavy atom. The average Bonchev–Trinajstić information content (AvgIpc) is 3.13. The van der Waals surface area contributed by atoms with Gasteiger partial charge in [-0.25, -0.2) is 0 Å². The zero-order valence-electron chi connectivity index (χ0n) is 17.2. The molecule has 0 spiro atoms. The number of aryl methyl sites for hydroxylation is 1. The van der Waals surface area contributed by atoms with Gasteiger partial charge in [0.25, 0.3) is 11.8 Å². The SMILES string of the molecule is CCc1cc(Br)ccc1NC(=O)COC(=O)[C@H]1CC(=O)N(NC(=O)c2ccc(Cl)cc2)C1. The first-order valence-corrected chi connectivity index (χ1v) is 11.1. The summed E-state index contributed by atoms with van der Waals surface area (Å²) in [5.74, 6) is -2.85. The fourth-order valence-corrected chi connectivity index (χ4v) is 3.71. The predicted octanol–water partition coefficient (Wildman–Crippen LogP) is 3.34. The van der Waals surface area contributed by atoms with Crippen LogP contribution < -0.4 is 10.7 Å². The Labute approximate surface area is 198 Å². The van der Waals surface area contributed by atoms with Crippen molar-refractivity contribution in [3.05, 3.63) is 63.1 Å². The lowest BCUT2D eigenvalue weighted by molar-refractivity contribution is -0.151. The summed E-state index contributed by atoms with van der Waals surface area (Å²) in [6, 6.07) is 11.6. The quantitative estimate of drug-likeness (QED) is 0.543. The van der Waals surface area contributed by atoms with Gasteiger partial charge >= 0.3 is 5.97 Å². The van der Waals surface area contributed by atoms with Crippen molar-refractivity contribution >= 4 is 56.9 Å². The van der Waals surface area contributed by atoms with E-state index in [2.05, 4.69) is 26.7 Å². The first kappa shape index (κ1) is 23.7. The van der Waals surface area contributed by atoms with Crippen LogP contribution in [-0.4, -0.2) is 41.9 Å². The second-order valence-electron chi connectivity index (χ2n) is 7.16. The largest absolute Gasteiger partial charge is 0.455 e. The first-order chi connectivity index (χ1) is 15.3. The summed E-state index contributed by atoms with van der Waals surface area (Å²) in [6.45, 7) is 1.46. The standard InChI is InChI=1S/C22H21BrClN3O5/c1-2-13-9-16(23)5-8-18(13)25-19(28)12-32-22(31)15-10-20(29)27(11-15)26-21(30)14-3-6-17(24)7-4-14/h3-9,15H,2,10-12H2,1H3,(H,25,28)(H,26,30)/t15-/m0/s1. The highest BCUT2D eigenvalue weighted by molar-refractivity contribution is 9.10. The highest BCUT2D eigenvalue weighted by Gasteiger charge is 2.36. The summed E-state index contributed by atoms with van der Waals surface area (Å²) in [7, 11) is 0. The maximum Gasteiger partial charge on any atom is 0.311 e. The van der Waals surface area contributed by atoms with Gasteiger partial charge in [-0.15, -0.1) is 0 Å². The van der Waals surface area contributed by atoms with Gasteiger partial charge in [-0.3, -0.25) is 29.6 Å². The van der Waals surface area contributed by atoms with Crippen molar-refractivity contribution in [3.63, 3.8) is 0 Å². The molecule has 0 aliphatic carbocycles. The number of hydrogen-bond donors (Lipinski definition) is 2. The molecule has 2 aromatic rings. The molecule has 168 valence electrons. The molecule has 0 radical (unpaired) electrons. The fraction of sp³-hybridized carbons (Fsp3) is 0.273. The van der Waals surface area contributed by atoms with Crippen LogP contribution in [0.3, 0.4) is 0 Å². The topological polar surface area (TPSA) is 105 Å². The van der Waals surface area contributed by atoms with Gasteiger partial charge in [-0.2, -0.15) is 0 Å². The van der Waals surface area contributed by atoms with Crippen molar-refractivity contribution in [1.82, 2.24) is 10.4 Å². The van der Waals surface area contributed by atoms with Crippen LogP contribution in [0, 0.1) is 5.92 Å². The van der Waals surface area contributed by atoms with E-state index in [1.54, 1.807) is 24.3 Å². The molecule has 32 heavy (non-hydrogen) atoms. The Balaban J connectivity index is 1.49. The molecular weight excluding hydrogens is 502 g/mol. The van der Waals surface area contributed by atoms with Crippen LogP contribution >= 0.6 is 27.5 Å². The number of halogens is 2. The predicted molar refractivity (Wildman–Crippen MR) is 122 cm³/mol. The summed E-state index contributed by atoms with van der Waals surface area (Å²) < 4.78 is 5.99. The van der Waals surface area contributed by atoms with E-state index in [4.69, 9.17) is 16.3 Å². The highest BCUT2D eigenvalue weighted by atomic mass is 79.9. The van der Waals surface area contributed by atoms with E-state index >= 15 is 0 Å². The van der Waals surface area contributed by atoms with E-state index in [1.807, 2.05) is 13.0 Å². The molecule has 1 heterocycles. The van der Waals surface area contributed by atoms with Crippen LogP contribution in [0.5, 0.6) is 0 Å². The van der Waals surface area contributed by atoms with Gasteiger partial charge in [0.1, 0.15) is 0 Å². The Morgan fingerprint density at radius 1 is 1.19 bits per heavy atom. The fourth-order valence-electron chi connectivity index (χ4n) is 3.18. The second kappa shape index (κ2) is 10.6. The molecule has 1 aliphatic rings. The molecule has 1 aliphatic heterocycles. The van der Waals surface area contributed by atoms with E-state index in [9.17, 15) is 19.2 Å². The van der Waals surface area contributed by atoms with Crippen LogP contribution in [0.2, 0.25) is 5.02 Å². The first-order valence-electron chi connectivity index (χ1n) is 9.88. The minimum atomic E-state index is -0.778. The number of amides is 3. The van der Waals surface area contributed by atoms with Crippen LogP contribution in [0.15, 0.2) is 46.9 Å². The van der Waals surface area contributed by atoms with Gasteiger partial charge < -0.3 is 10.1 Å². The summed E-state index contributed by atoms with van der Waals surface area (Å²) in [4.78, 5) is 49.0. The summed E-state index contributed by atoms with van der Waals surface area (Å²) in [5.41, 5.74) is 4.38. The van der Waals surface area contributed by atoms with Gasteiger partial charge in [0.2, 0.25) is 5.91 Å². The number of carbonyl (C=O) groups excluding carboxylic acids is 4. The molecule has 0 unspecified atom stereocenters. The zero-order valence-corrected chi connectivity index (χ0v) is 19.5. The van der Waals surface area contributed by atoms with Crippen molar-refractivity contribution < 1.29 is 23.9 Å². The lowest BCUT2D eigenvalue weighted by atomic mass is 10.1. The highest BCUT2D eigenvalue weighted by Crippen LogP contribution is 2.22. The molecule has 10 heteroatoms. The molecule has 0 saturated carbocycles. The summed E-state index contributed by atoms with van der Waals surface area (Å²) >= 11 is 9.19. The lowest BCUT2D eigenvalue weighted by Crippen LogP contribution is -2.43. The third-order valence-corrected chi connectivity index (χ3v) is 5.61. The van der Waals surface area contributed by atoms with Crippen LogP contribution in [0.25, 0.3) is 0 Å². The normalized spacial score (nSPS) is 15.4. The molecule has 3 amide bonds. The number of benzene rings is 2. The van der Waals surface area contributed by atoms with Crippen molar-refractivity contribution in [1.29, 1.82) is 0 Å². The van der Waals surface area contributed by atoms with E-state index in [0.717, 1.165) is 21.5 Å². The maximum atomic E-state index is 12.3. The monoisotopic (exact) mass is 521 g/mol. The molecule has 1 atom stereocenters. The molecule has 8 nitrogen and oxygen atoms in total. The molecule has 2 N–H and O–H groups in total. The number of esters is 1. The van der Waals surface area contributed by atoms with E-state index in [-0.39, 0.29) is 13.0 Å². The molecule has 0 bridgehead atoms. The van der Waals surface area contributed by atoms with Crippen molar-refractivity contribution in [2.45, 2.75) is 19.8 Å². The van der Waals surface area contributed by atoms with Gasteiger partial charge in [0, 0.05) is 27.2 Å². The van der Waals surface area contributed by atoms with E-state index in [1.165, 1.54) is 12.1 Å². The number of anilines is 1. The second-order valence-corrected chi connectivity index (χ2v) is 8.52. The smallest absolute Gasteiger partial charge is 0.311 e. The number of carbonyl (C=O) groups is 4. The number of rotatable bonds is 7. The summed E-state index contributed by atoms with van der Waals surface area (Å²) in [5, 5.41) is 4.28. The van der Waals surface area contributed by atoms with Crippen LogP contribution in [0.4, 0.5) is 5.69 Å². The van der Waals surface area contributed by atoms with Crippen molar-refractivity contribution in [3.8, 4) is 0 Å². The Bertz CT molecular complexity index is 1040. The molecular formula is C22H21BrClN3O5. The van der Waals surface area contributed by atoms with Crippen molar-refractivity contribution in [2.24, 2.45) is 5.92 Å².